The average molecular weight is 271 g/mol. The van der Waals surface area contributed by atoms with Gasteiger partial charge in [0.05, 0.1) is 0 Å². The van der Waals surface area contributed by atoms with E-state index in [9.17, 15) is 13.6 Å². The van der Waals surface area contributed by atoms with Gasteiger partial charge in [-0.15, -0.1) is 0 Å². The van der Waals surface area contributed by atoms with Crippen LogP contribution in [0.5, 0.6) is 0 Å². The number of halogens is 2. The molecule has 0 bridgehead atoms. The van der Waals surface area contributed by atoms with Crippen LogP contribution in [-0.4, -0.2) is 23.5 Å². The number of nitrogens with zero attached hydrogens (tertiary/aromatic N) is 1. The smallest absolute Gasteiger partial charge is 0.251 e. The summed E-state index contributed by atoms with van der Waals surface area (Å²) in [5.74, 6) is -2.38. The summed E-state index contributed by atoms with van der Waals surface area (Å²) in [4.78, 5) is 11.6. The molecule has 1 aromatic carbocycles. The quantitative estimate of drug-likeness (QED) is 0.241. The lowest BCUT2D eigenvalue weighted by atomic mass is 10.2. The van der Waals surface area contributed by atoms with Crippen molar-refractivity contribution in [2.24, 2.45) is 10.9 Å². The van der Waals surface area contributed by atoms with Gasteiger partial charge in [0.25, 0.3) is 5.91 Å². The van der Waals surface area contributed by atoms with Crippen LogP contribution >= 0.6 is 0 Å². The number of nitrogens with two attached hydrogens (primary N) is 1. The van der Waals surface area contributed by atoms with E-state index in [0.29, 0.717) is 25.8 Å². The zero-order valence-corrected chi connectivity index (χ0v) is 10.2. The molecule has 0 saturated heterocycles. The second kappa shape index (κ2) is 7.30. The summed E-state index contributed by atoms with van der Waals surface area (Å²) in [5, 5.41) is 13.7. The Morgan fingerprint density at radius 2 is 2.05 bits per heavy atom. The number of carbonyl (C=O) groups excluding carboxylic acids is 1. The fraction of sp³-hybridized carbons (Fsp3) is 0.333. The molecule has 5 nitrogen and oxygen atoms in total. The Balaban J connectivity index is 2.33. The summed E-state index contributed by atoms with van der Waals surface area (Å²) in [6.07, 6.45) is 1.71. The number of unbranched alkanes of at least 4 members (excludes halogenated alkanes) is 1. The van der Waals surface area contributed by atoms with Gasteiger partial charge in [-0.1, -0.05) is 5.16 Å². The molecule has 7 heteroatoms. The minimum Gasteiger partial charge on any atom is -0.409 e. The molecule has 0 saturated carbocycles. The van der Waals surface area contributed by atoms with Gasteiger partial charge in [0, 0.05) is 18.5 Å². The van der Waals surface area contributed by atoms with Crippen LogP contribution in [-0.2, 0) is 0 Å². The van der Waals surface area contributed by atoms with Crippen molar-refractivity contribution in [2.75, 3.05) is 6.54 Å². The maximum atomic E-state index is 12.9. The molecule has 0 aromatic heterocycles. The Labute approximate surface area is 109 Å². The molecule has 1 aromatic rings. The van der Waals surface area contributed by atoms with E-state index in [1.54, 1.807) is 0 Å². The van der Waals surface area contributed by atoms with Crippen LogP contribution in [0, 0.1) is 11.6 Å². The number of amidine groups is 1. The third-order valence-corrected chi connectivity index (χ3v) is 2.46. The maximum absolute atomic E-state index is 12.9. The Kier molecular flexibility index (Phi) is 5.72. The number of hydrogen-bond acceptors (Lipinski definition) is 3. The first-order valence-electron chi connectivity index (χ1n) is 5.74. The van der Waals surface area contributed by atoms with Crippen LogP contribution in [0.3, 0.4) is 0 Å². The van der Waals surface area contributed by atoms with Crippen molar-refractivity contribution < 1.29 is 18.8 Å². The molecule has 0 heterocycles. The highest BCUT2D eigenvalue weighted by atomic mass is 19.2. The highest BCUT2D eigenvalue weighted by Crippen LogP contribution is 2.08. The highest BCUT2D eigenvalue weighted by Gasteiger charge is 2.08. The number of benzene rings is 1. The summed E-state index contributed by atoms with van der Waals surface area (Å²) < 4.78 is 25.6. The third-order valence-electron chi connectivity index (χ3n) is 2.46. The van der Waals surface area contributed by atoms with Gasteiger partial charge in [-0.2, -0.15) is 0 Å². The maximum Gasteiger partial charge on any atom is 0.251 e. The molecule has 0 atom stereocenters. The van der Waals surface area contributed by atoms with Crippen molar-refractivity contribution in [3.8, 4) is 0 Å². The van der Waals surface area contributed by atoms with Crippen LogP contribution in [0.25, 0.3) is 0 Å². The van der Waals surface area contributed by atoms with E-state index in [1.165, 1.54) is 6.07 Å². The normalized spacial score (nSPS) is 11.4. The number of hydrogen-bond donors (Lipinski definition) is 3. The van der Waals surface area contributed by atoms with E-state index in [4.69, 9.17) is 10.9 Å². The molecule has 19 heavy (non-hydrogen) atoms. The second-order valence-corrected chi connectivity index (χ2v) is 3.93. The largest absolute Gasteiger partial charge is 0.409 e. The molecule has 104 valence electrons. The topological polar surface area (TPSA) is 87.7 Å². The standard InChI is InChI=1S/C12H15F2N3O2/c13-9-5-4-8(7-10(9)14)12(18)16-6-2-1-3-11(15)17-19/h4-5,7,19H,1-3,6H2,(H2,15,17)(H,16,18). The lowest BCUT2D eigenvalue weighted by Crippen LogP contribution is -2.25. The van der Waals surface area contributed by atoms with Gasteiger partial charge in [-0.3, -0.25) is 4.79 Å². The van der Waals surface area contributed by atoms with Crippen LogP contribution in [0.2, 0.25) is 0 Å². The molecular weight excluding hydrogens is 256 g/mol. The third kappa shape index (κ3) is 4.90. The minimum atomic E-state index is -1.06. The number of oxime groups is 1. The Bertz CT molecular complexity index is 478. The first-order chi connectivity index (χ1) is 9.04. The predicted molar refractivity (Wildman–Crippen MR) is 66.0 cm³/mol. The average Bonchev–Trinajstić information content (AvgIpc) is 2.40. The highest BCUT2D eigenvalue weighted by molar-refractivity contribution is 5.94. The van der Waals surface area contributed by atoms with Crippen LogP contribution < -0.4 is 11.1 Å². The van der Waals surface area contributed by atoms with E-state index in [1.807, 2.05) is 0 Å². The Morgan fingerprint density at radius 1 is 1.32 bits per heavy atom. The molecule has 1 amide bonds. The van der Waals surface area contributed by atoms with E-state index in [0.717, 1.165) is 12.1 Å². The number of amides is 1. The molecule has 1 rings (SSSR count). The van der Waals surface area contributed by atoms with Gasteiger partial charge in [-0.25, -0.2) is 8.78 Å². The summed E-state index contributed by atoms with van der Waals surface area (Å²) in [6, 6.07) is 2.97. The SMILES string of the molecule is NC(CCCCNC(=O)c1ccc(F)c(F)c1)=NO. The minimum absolute atomic E-state index is 0.0651. The zero-order valence-electron chi connectivity index (χ0n) is 10.2. The van der Waals surface area contributed by atoms with Crippen LogP contribution in [0.4, 0.5) is 8.78 Å². The molecule has 4 N–H and O–H groups in total. The van der Waals surface area contributed by atoms with Crippen LogP contribution in [0.1, 0.15) is 29.6 Å². The van der Waals surface area contributed by atoms with Crippen molar-refractivity contribution in [1.29, 1.82) is 0 Å². The van der Waals surface area contributed by atoms with E-state index >= 15 is 0 Å². The van der Waals surface area contributed by atoms with E-state index in [2.05, 4.69) is 10.5 Å². The second-order valence-electron chi connectivity index (χ2n) is 3.93. The molecule has 0 aliphatic heterocycles. The number of nitrogens with one attached hydrogen (secondary N) is 1. The molecule has 0 aliphatic rings. The van der Waals surface area contributed by atoms with E-state index in [-0.39, 0.29) is 11.4 Å². The molecule has 0 aliphatic carbocycles. The molecule has 0 fully saturated rings. The summed E-state index contributed by atoms with van der Waals surface area (Å²) in [6.45, 7) is 0.372. The molecule has 0 spiro atoms. The number of carbonyl (C=O) groups is 1. The van der Waals surface area contributed by atoms with Gasteiger partial charge >= 0.3 is 0 Å². The van der Waals surface area contributed by atoms with Gasteiger partial charge < -0.3 is 16.3 Å². The summed E-state index contributed by atoms with van der Waals surface area (Å²) >= 11 is 0. The molecular formula is C12H15F2N3O2. The fourth-order valence-corrected chi connectivity index (χ4v) is 1.42. The van der Waals surface area contributed by atoms with E-state index < -0.39 is 17.5 Å². The van der Waals surface area contributed by atoms with Crippen molar-refractivity contribution in [3.63, 3.8) is 0 Å². The van der Waals surface area contributed by atoms with Gasteiger partial charge in [0.1, 0.15) is 5.84 Å². The van der Waals surface area contributed by atoms with Gasteiger partial charge in [0.2, 0.25) is 0 Å². The zero-order chi connectivity index (χ0) is 14.3. The lowest BCUT2D eigenvalue weighted by molar-refractivity contribution is 0.0952. The van der Waals surface area contributed by atoms with Gasteiger partial charge in [0.15, 0.2) is 11.6 Å². The summed E-state index contributed by atoms with van der Waals surface area (Å²) in [7, 11) is 0. The number of rotatable bonds is 6. The predicted octanol–water partition coefficient (Wildman–Crippen LogP) is 1.61. The molecule has 0 unspecified atom stereocenters. The van der Waals surface area contributed by atoms with Crippen LogP contribution in [0.15, 0.2) is 23.4 Å². The van der Waals surface area contributed by atoms with Crippen molar-refractivity contribution in [3.05, 3.63) is 35.4 Å². The first-order valence-corrected chi connectivity index (χ1v) is 5.74. The molecule has 0 radical (unpaired) electrons. The Morgan fingerprint density at radius 3 is 2.68 bits per heavy atom. The Hall–Kier alpha value is -2.18. The monoisotopic (exact) mass is 271 g/mol. The van der Waals surface area contributed by atoms with Crippen molar-refractivity contribution >= 4 is 11.7 Å². The fourth-order valence-electron chi connectivity index (χ4n) is 1.42. The first kappa shape index (κ1) is 14.9. The van der Waals surface area contributed by atoms with Crippen molar-refractivity contribution in [2.45, 2.75) is 19.3 Å². The lowest BCUT2D eigenvalue weighted by Gasteiger charge is -2.05. The van der Waals surface area contributed by atoms with Crippen molar-refractivity contribution in [1.82, 2.24) is 5.32 Å². The van der Waals surface area contributed by atoms with Gasteiger partial charge in [-0.05, 0) is 31.0 Å². The summed E-state index contributed by atoms with van der Waals surface area (Å²) in [5.41, 5.74) is 5.34.